The number of aryl methyl sites for hydroxylation is 1. The third-order valence-electron chi connectivity index (χ3n) is 6.19. The van der Waals surface area contributed by atoms with E-state index >= 15 is 0 Å². The van der Waals surface area contributed by atoms with Crippen LogP contribution in [-0.4, -0.2) is 93.1 Å². The lowest BCUT2D eigenvalue weighted by Gasteiger charge is -2.34. The van der Waals surface area contributed by atoms with E-state index in [0.29, 0.717) is 44.0 Å². The first-order valence-corrected chi connectivity index (χ1v) is 13.2. The monoisotopic (exact) mass is 680 g/mol. The topological polar surface area (TPSA) is 125 Å². The molecule has 18 heteroatoms. The number of rotatable bonds is 6. The Hall–Kier alpha value is -5.00. The highest BCUT2D eigenvalue weighted by molar-refractivity contribution is 5.92. The second-order valence-electron chi connectivity index (χ2n) is 9.63. The zero-order chi connectivity index (χ0) is 35.5. The lowest BCUT2D eigenvalue weighted by Crippen LogP contribution is -2.47. The van der Waals surface area contributed by atoms with Gasteiger partial charge < -0.3 is 24.4 Å². The van der Waals surface area contributed by atoms with Gasteiger partial charge in [0.05, 0.1) is 24.8 Å². The molecule has 1 saturated heterocycles. The smallest absolute Gasteiger partial charge is 0.490 e. The number of hydrogen-bond acceptors (Lipinski definition) is 6. The molecule has 3 aromatic rings. The van der Waals surface area contributed by atoms with Crippen molar-refractivity contribution in [3.63, 3.8) is 0 Å². The maximum absolute atomic E-state index is 13.9. The van der Waals surface area contributed by atoms with Crippen LogP contribution in [0.2, 0.25) is 0 Å². The molecule has 0 spiro atoms. The minimum atomic E-state index is -5.08. The normalized spacial score (nSPS) is 13.7. The molecule has 0 saturated carbocycles. The fourth-order valence-electron chi connectivity index (χ4n) is 3.85. The number of amides is 1. The predicted molar refractivity (Wildman–Crippen MR) is 149 cm³/mol. The fraction of sp³-hybridized carbons (Fsp3) is 0.310. The van der Waals surface area contributed by atoms with Gasteiger partial charge in [-0.15, -0.1) is 0 Å². The molecule has 2 N–H and O–H groups in total. The van der Waals surface area contributed by atoms with E-state index in [4.69, 9.17) is 24.5 Å². The van der Waals surface area contributed by atoms with Crippen LogP contribution >= 0.6 is 0 Å². The van der Waals surface area contributed by atoms with Crippen LogP contribution in [0.25, 0.3) is 11.8 Å². The van der Waals surface area contributed by atoms with Gasteiger partial charge in [-0.3, -0.25) is 9.69 Å². The Labute approximate surface area is 262 Å². The van der Waals surface area contributed by atoms with Crippen molar-refractivity contribution in [2.75, 3.05) is 33.3 Å². The number of carboxylic acid groups (broad SMARTS) is 2. The first-order chi connectivity index (χ1) is 21.8. The molecule has 0 bridgehead atoms. The van der Waals surface area contributed by atoms with Crippen LogP contribution in [0, 0.1) is 18.6 Å². The first-order valence-electron chi connectivity index (χ1n) is 13.2. The summed E-state index contributed by atoms with van der Waals surface area (Å²) in [5.41, 5.74) is 3.09. The lowest BCUT2D eigenvalue weighted by molar-refractivity contribution is -0.193. The van der Waals surface area contributed by atoms with Crippen molar-refractivity contribution in [1.29, 1.82) is 0 Å². The molecular weight excluding hydrogens is 652 g/mol. The number of piperazine rings is 1. The van der Waals surface area contributed by atoms with E-state index in [2.05, 4.69) is 9.88 Å². The van der Waals surface area contributed by atoms with Crippen molar-refractivity contribution in [2.24, 2.45) is 0 Å². The average molecular weight is 681 g/mol. The van der Waals surface area contributed by atoms with Gasteiger partial charge in [-0.25, -0.2) is 23.4 Å². The Balaban J connectivity index is 0.000000459. The van der Waals surface area contributed by atoms with Gasteiger partial charge in [0.1, 0.15) is 17.4 Å². The zero-order valence-electron chi connectivity index (χ0n) is 24.6. The highest BCUT2D eigenvalue weighted by Gasteiger charge is 2.38. The van der Waals surface area contributed by atoms with E-state index in [1.165, 1.54) is 12.1 Å². The second kappa shape index (κ2) is 16.5. The average Bonchev–Trinajstić information content (AvgIpc) is 3.43. The lowest BCUT2D eigenvalue weighted by atomic mass is 10.1. The SMILES string of the molecule is COc1cc(/C=C/C(=O)N2CCN(Cc3ccc(F)cc3F)CC2)ccc1-n1cnc(C)c1.O=C(O)C(F)(F)F.O=C(O)C(F)(F)F. The third kappa shape index (κ3) is 12.4. The number of carbonyl (C=O) groups is 3. The number of aliphatic carboxylic acids is 2. The number of carboxylic acids is 2. The second-order valence-corrected chi connectivity index (χ2v) is 9.63. The Morgan fingerprint density at radius 3 is 1.96 bits per heavy atom. The van der Waals surface area contributed by atoms with Crippen LogP contribution in [0.5, 0.6) is 5.75 Å². The summed E-state index contributed by atoms with van der Waals surface area (Å²) < 4.78 is 97.9. The number of ether oxygens (including phenoxy) is 1. The maximum Gasteiger partial charge on any atom is 0.490 e. The van der Waals surface area contributed by atoms with Gasteiger partial charge in [-0.1, -0.05) is 12.1 Å². The van der Waals surface area contributed by atoms with E-state index in [1.54, 1.807) is 30.5 Å². The number of benzene rings is 2. The molecule has 10 nitrogen and oxygen atoms in total. The number of hydrogen-bond donors (Lipinski definition) is 2. The molecule has 1 aromatic heterocycles. The van der Waals surface area contributed by atoms with Crippen LogP contribution < -0.4 is 4.74 Å². The summed E-state index contributed by atoms with van der Waals surface area (Å²) in [6, 6.07) is 9.37. The van der Waals surface area contributed by atoms with Gasteiger partial charge in [0, 0.05) is 56.6 Å². The third-order valence-corrected chi connectivity index (χ3v) is 6.19. The van der Waals surface area contributed by atoms with Crippen molar-refractivity contribution in [3.8, 4) is 11.4 Å². The Bertz CT molecular complexity index is 1540. The Morgan fingerprint density at radius 2 is 1.49 bits per heavy atom. The summed E-state index contributed by atoms with van der Waals surface area (Å²) in [5, 5.41) is 14.2. The van der Waals surface area contributed by atoms with Crippen LogP contribution in [0.15, 0.2) is 55.0 Å². The minimum absolute atomic E-state index is 0.0732. The highest BCUT2D eigenvalue weighted by Crippen LogP contribution is 2.25. The van der Waals surface area contributed by atoms with E-state index < -0.39 is 35.9 Å². The number of alkyl halides is 6. The maximum atomic E-state index is 13.9. The largest absolute Gasteiger partial charge is 0.495 e. The summed E-state index contributed by atoms with van der Waals surface area (Å²) in [6.07, 6.45) is -3.18. The highest BCUT2D eigenvalue weighted by atomic mass is 19.4. The molecule has 2 heterocycles. The van der Waals surface area contributed by atoms with Gasteiger partial charge >= 0.3 is 24.3 Å². The van der Waals surface area contributed by atoms with Crippen molar-refractivity contribution >= 4 is 23.9 Å². The molecule has 1 aliphatic heterocycles. The predicted octanol–water partition coefficient (Wildman–Crippen LogP) is 5.09. The van der Waals surface area contributed by atoms with Crippen molar-refractivity contribution in [3.05, 3.63) is 83.5 Å². The van der Waals surface area contributed by atoms with Gasteiger partial charge in [-0.2, -0.15) is 26.3 Å². The first kappa shape index (κ1) is 38.2. The molecule has 4 rings (SSSR count). The number of imidazole rings is 1. The van der Waals surface area contributed by atoms with Crippen molar-refractivity contribution in [1.82, 2.24) is 19.4 Å². The summed E-state index contributed by atoms with van der Waals surface area (Å²) in [6.45, 7) is 4.67. The number of methoxy groups -OCH3 is 1. The van der Waals surface area contributed by atoms with E-state index in [0.717, 1.165) is 23.0 Å². The summed E-state index contributed by atoms with van der Waals surface area (Å²) in [5.74, 6) is -6.02. The van der Waals surface area contributed by atoms with Gasteiger partial charge in [-0.05, 0) is 36.8 Å². The number of halogens is 8. The molecule has 47 heavy (non-hydrogen) atoms. The van der Waals surface area contributed by atoms with Crippen LogP contribution in [0.3, 0.4) is 0 Å². The molecule has 256 valence electrons. The van der Waals surface area contributed by atoms with Gasteiger partial charge in [0.2, 0.25) is 5.91 Å². The minimum Gasteiger partial charge on any atom is -0.495 e. The summed E-state index contributed by atoms with van der Waals surface area (Å²) in [7, 11) is 1.61. The van der Waals surface area contributed by atoms with Crippen molar-refractivity contribution in [2.45, 2.75) is 25.8 Å². The van der Waals surface area contributed by atoms with E-state index in [1.807, 2.05) is 35.9 Å². The Kier molecular flexibility index (Phi) is 13.4. The molecule has 0 unspecified atom stereocenters. The molecule has 1 fully saturated rings. The molecule has 0 radical (unpaired) electrons. The standard InChI is InChI=1S/C25H26F2N4O2.2C2HF3O2/c1-18-15-31(17-28-18)23-7-3-19(13-24(23)33-2)4-8-25(32)30-11-9-29(10-12-30)16-20-5-6-21(26)14-22(20)27;2*3-2(4,5)1(6)7/h3-8,13-15,17H,9-12,16H2,1-2H3;2*(H,6,7)/b8-4+;;. The number of aromatic nitrogens is 2. The Morgan fingerprint density at radius 1 is 0.915 bits per heavy atom. The summed E-state index contributed by atoms with van der Waals surface area (Å²) >= 11 is 0. The van der Waals surface area contributed by atoms with E-state index in [9.17, 15) is 39.9 Å². The molecule has 2 aromatic carbocycles. The van der Waals surface area contributed by atoms with Gasteiger partial charge in [0.15, 0.2) is 0 Å². The molecule has 0 aliphatic carbocycles. The zero-order valence-corrected chi connectivity index (χ0v) is 24.6. The number of nitrogens with zero attached hydrogens (tertiary/aromatic N) is 4. The van der Waals surface area contributed by atoms with Crippen LogP contribution in [0.1, 0.15) is 16.8 Å². The molecular formula is C29H28F8N4O6. The van der Waals surface area contributed by atoms with E-state index in [-0.39, 0.29) is 5.91 Å². The number of carbonyl (C=O) groups excluding carboxylic acids is 1. The van der Waals surface area contributed by atoms with Crippen LogP contribution in [-0.2, 0) is 20.9 Å². The molecule has 0 atom stereocenters. The molecule has 1 aliphatic rings. The van der Waals surface area contributed by atoms with Gasteiger partial charge in [0.25, 0.3) is 0 Å². The van der Waals surface area contributed by atoms with Crippen molar-refractivity contribution < 1.29 is 64.5 Å². The quantitative estimate of drug-likeness (QED) is 0.273. The summed E-state index contributed by atoms with van der Waals surface area (Å²) in [4.78, 5) is 38.5. The fourth-order valence-corrected chi connectivity index (χ4v) is 3.85. The molecule has 1 amide bonds. The van der Waals surface area contributed by atoms with Crippen LogP contribution in [0.4, 0.5) is 35.1 Å².